The summed E-state index contributed by atoms with van der Waals surface area (Å²) in [6.45, 7) is 3.76. The van der Waals surface area contributed by atoms with Gasteiger partial charge in [-0.3, -0.25) is 0 Å². The zero-order valence-corrected chi connectivity index (χ0v) is 18.4. The molecule has 0 spiro atoms. The molecule has 0 bridgehead atoms. The van der Waals surface area contributed by atoms with Crippen molar-refractivity contribution in [2.24, 2.45) is 5.92 Å². The van der Waals surface area contributed by atoms with E-state index in [4.69, 9.17) is 13.8 Å². The van der Waals surface area contributed by atoms with Crippen molar-refractivity contribution in [3.63, 3.8) is 0 Å². The van der Waals surface area contributed by atoms with Gasteiger partial charge in [0.1, 0.15) is 18.1 Å². The summed E-state index contributed by atoms with van der Waals surface area (Å²) in [6.07, 6.45) is -0.698. The molecule has 0 saturated heterocycles. The van der Waals surface area contributed by atoms with Gasteiger partial charge in [-0.2, -0.15) is 0 Å². The Morgan fingerprint density at radius 2 is 1.26 bits per heavy atom. The van der Waals surface area contributed by atoms with Crippen molar-refractivity contribution in [1.29, 1.82) is 0 Å². The van der Waals surface area contributed by atoms with Crippen LogP contribution >= 0.6 is 7.60 Å². The van der Waals surface area contributed by atoms with Crippen molar-refractivity contribution in [1.82, 2.24) is 5.32 Å². The van der Waals surface area contributed by atoms with Gasteiger partial charge in [0, 0.05) is 0 Å². The third-order valence-corrected chi connectivity index (χ3v) is 6.74. The molecule has 3 aromatic carbocycles. The highest BCUT2D eigenvalue weighted by Gasteiger charge is 2.43. The lowest BCUT2D eigenvalue weighted by Gasteiger charge is -2.30. The number of amides is 1. The molecule has 1 atom stereocenters. The van der Waals surface area contributed by atoms with Crippen molar-refractivity contribution in [2.75, 3.05) is 0 Å². The molecule has 0 radical (unpaired) electrons. The zero-order valence-electron chi connectivity index (χ0n) is 17.5. The van der Waals surface area contributed by atoms with Gasteiger partial charge >= 0.3 is 13.7 Å². The number of hydrogen-bond donors (Lipinski definition) is 1. The van der Waals surface area contributed by atoms with Gasteiger partial charge in [0.25, 0.3) is 0 Å². The van der Waals surface area contributed by atoms with Crippen LogP contribution in [0.4, 0.5) is 4.79 Å². The first-order valence-electron chi connectivity index (χ1n) is 10.0. The molecule has 0 aliphatic rings. The standard InChI is InChI=1S/C24H26NO5P/c1-19(2)23(25-24(26)28-18-20-12-6-3-7-13-20)31(27,29-21-14-8-4-9-15-21)30-22-16-10-5-11-17-22/h3-17,19,23H,18H2,1-2H3,(H,25,26)/t23-/m1/s1. The first-order chi connectivity index (χ1) is 15.0. The van der Waals surface area contributed by atoms with Crippen LogP contribution in [0.25, 0.3) is 0 Å². The molecule has 0 aliphatic heterocycles. The van der Waals surface area contributed by atoms with Gasteiger partial charge in [0.15, 0.2) is 5.78 Å². The summed E-state index contributed by atoms with van der Waals surface area (Å²) in [5, 5.41) is 2.69. The van der Waals surface area contributed by atoms with Gasteiger partial charge in [-0.25, -0.2) is 9.36 Å². The molecule has 0 unspecified atom stereocenters. The Labute approximate surface area is 182 Å². The summed E-state index contributed by atoms with van der Waals surface area (Å²) in [5.41, 5.74) is 0.850. The molecule has 0 fully saturated rings. The van der Waals surface area contributed by atoms with E-state index in [-0.39, 0.29) is 12.5 Å². The molecule has 0 saturated carbocycles. The van der Waals surface area contributed by atoms with E-state index < -0.39 is 19.5 Å². The highest BCUT2D eigenvalue weighted by Crippen LogP contribution is 2.54. The molecule has 0 heterocycles. The van der Waals surface area contributed by atoms with Crippen molar-refractivity contribution < 1.29 is 23.1 Å². The Hall–Kier alpha value is -3.24. The third kappa shape index (κ3) is 6.63. The molecule has 3 rings (SSSR count). The molecular weight excluding hydrogens is 413 g/mol. The van der Waals surface area contributed by atoms with Gasteiger partial charge in [-0.05, 0) is 35.7 Å². The first kappa shape index (κ1) is 22.4. The van der Waals surface area contributed by atoms with Crippen molar-refractivity contribution in [3.05, 3.63) is 96.6 Å². The van der Waals surface area contributed by atoms with Crippen molar-refractivity contribution >= 4 is 13.7 Å². The summed E-state index contributed by atoms with van der Waals surface area (Å²) in [4.78, 5) is 12.5. The molecule has 1 N–H and O–H groups in total. The Bertz CT molecular complexity index is 951. The van der Waals surface area contributed by atoms with E-state index in [0.29, 0.717) is 11.5 Å². The van der Waals surface area contributed by atoms with E-state index in [1.807, 2.05) is 56.3 Å². The van der Waals surface area contributed by atoms with E-state index in [2.05, 4.69) is 5.32 Å². The summed E-state index contributed by atoms with van der Waals surface area (Å²) in [7, 11) is -3.89. The smallest absolute Gasteiger partial charge is 0.445 e. The maximum atomic E-state index is 14.0. The predicted octanol–water partition coefficient (Wildman–Crippen LogP) is 6.25. The fourth-order valence-corrected chi connectivity index (χ4v) is 4.97. The van der Waals surface area contributed by atoms with Crippen LogP contribution in [0.2, 0.25) is 0 Å². The second-order valence-electron chi connectivity index (χ2n) is 7.24. The van der Waals surface area contributed by atoms with Crippen LogP contribution in [-0.4, -0.2) is 11.9 Å². The predicted molar refractivity (Wildman–Crippen MR) is 120 cm³/mol. The minimum atomic E-state index is -3.89. The summed E-state index contributed by atoms with van der Waals surface area (Å²) in [5.74, 6) is -0.433. The van der Waals surface area contributed by atoms with E-state index in [1.54, 1.807) is 48.5 Å². The highest BCUT2D eigenvalue weighted by molar-refractivity contribution is 7.55. The zero-order chi connectivity index (χ0) is 22.1. The number of ether oxygens (including phenoxy) is 1. The fourth-order valence-electron chi connectivity index (χ4n) is 2.89. The van der Waals surface area contributed by atoms with Crippen LogP contribution in [0.3, 0.4) is 0 Å². The number of carbonyl (C=O) groups is 1. The number of alkyl carbamates (subject to hydrolysis) is 1. The van der Waals surface area contributed by atoms with Gasteiger partial charge in [-0.15, -0.1) is 0 Å². The third-order valence-electron chi connectivity index (χ3n) is 4.40. The molecular formula is C24H26NO5P. The minimum absolute atomic E-state index is 0.0981. The maximum absolute atomic E-state index is 14.0. The second kappa shape index (κ2) is 10.7. The largest absolute Gasteiger partial charge is 0.453 e. The number of carbonyl (C=O) groups excluding carboxylic acids is 1. The van der Waals surface area contributed by atoms with Gasteiger partial charge in [0.05, 0.1) is 0 Å². The molecule has 7 heteroatoms. The molecule has 162 valence electrons. The van der Waals surface area contributed by atoms with Crippen LogP contribution in [0.5, 0.6) is 11.5 Å². The van der Waals surface area contributed by atoms with Crippen LogP contribution in [0, 0.1) is 5.92 Å². The summed E-state index contributed by atoms with van der Waals surface area (Å²) >= 11 is 0. The van der Waals surface area contributed by atoms with E-state index >= 15 is 0 Å². The average molecular weight is 439 g/mol. The monoisotopic (exact) mass is 439 g/mol. The quantitative estimate of drug-likeness (QED) is 0.399. The number of para-hydroxylation sites is 2. The number of rotatable bonds is 9. The number of hydrogen-bond acceptors (Lipinski definition) is 5. The fraction of sp³-hybridized carbons (Fsp3) is 0.208. The topological polar surface area (TPSA) is 73.9 Å². The summed E-state index contributed by atoms with van der Waals surface area (Å²) < 4.78 is 31.0. The SMILES string of the molecule is CC(C)[C@H](NC(=O)OCc1ccccc1)P(=O)(Oc1ccccc1)Oc1ccccc1. The summed E-state index contributed by atoms with van der Waals surface area (Å²) in [6, 6.07) is 26.8. The van der Waals surface area contributed by atoms with E-state index in [1.165, 1.54) is 0 Å². The van der Waals surface area contributed by atoms with Crippen molar-refractivity contribution in [3.8, 4) is 11.5 Å². The highest BCUT2D eigenvalue weighted by atomic mass is 31.2. The average Bonchev–Trinajstić information content (AvgIpc) is 2.78. The maximum Gasteiger partial charge on any atom is 0.453 e. The van der Waals surface area contributed by atoms with Gasteiger partial charge in [0.2, 0.25) is 0 Å². The first-order valence-corrected chi connectivity index (χ1v) is 11.6. The lowest BCUT2D eigenvalue weighted by molar-refractivity contribution is 0.135. The molecule has 0 aliphatic carbocycles. The van der Waals surface area contributed by atoms with Crippen LogP contribution < -0.4 is 14.4 Å². The number of nitrogens with one attached hydrogen (secondary N) is 1. The molecule has 6 nitrogen and oxygen atoms in total. The van der Waals surface area contributed by atoms with Crippen LogP contribution in [0.15, 0.2) is 91.0 Å². The molecule has 31 heavy (non-hydrogen) atoms. The molecule has 3 aromatic rings. The van der Waals surface area contributed by atoms with Crippen molar-refractivity contribution in [2.45, 2.75) is 26.2 Å². The minimum Gasteiger partial charge on any atom is -0.445 e. The Balaban J connectivity index is 1.80. The normalized spacial score (nSPS) is 12.1. The lowest BCUT2D eigenvalue weighted by Crippen LogP contribution is -2.40. The molecule has 0 aromatic heterocycles. The van der Waals surface area contributed by atoms with E-state index in [9.17, 15) is 9.36 Å². The van der Waals surface area contributed by atoms with E-state index in [0.717, 1.165) is 5.56 Å². The lowest BCUT2D eigenvalue weighted by atomic mass is 10.2. The Kier molecular flexibility index (Phi) is 7.74. The number of benzene rings is 3. The Morgan fingerprint density at radius 3 is 1.71 bits per heavy atom. The second-order valence-corrected chi connectivity index (χ2v) is 9.24. The van der Waals surface area contributed by atoms with Crippen LogP contribution in [0.1, 0.15) is 19.4 Å². The van der Waals surface area contributed by atoms with Gasteiger partial charge < -0.3 is 19.1 Å². The van der Waals surface area contributed by atoms with Crippen LogP contribution in [-0.2, 0) is 15.9 Å². The van der Waals surface area contributed by atoms with Gasteiger partial charge in [-0.1, -0.05) is 80.6 Å². The Morgan fingerprint density at radius 1 is 0.806 bits per heavy atom. The molecule has 1 amide bonds.